The fraction of sp³-hybridized carbons (Fsp3) is 0.250. The van der Waals surface area contributed by atoms with Gasteiger partial charge in [0.1, 0.15) is 5.69 Å². The molecular weight excluding hydrogens is 456 g/mol. The highest BCUT2D eigenvalue weighted by Crippen LogP contribution is 2.27. The van der Waals surface area contributed by atoms with E-state index in [4.69, 9.17) is 4.99 Å². The Labute approximate surface area is 187 Å². The predicted octanol–water partition coefficient (Wildman–Crippen LogP) is 0.785. The number of nitrogens with one attached hydrogen (secondary N) is 3. The molecule has 0 saturated heterocycles. The van der Waals surface area contributed by atoms with E-state index in [0.29, 0.717) is 26.9 Å². The summed E-state index contributed by atoms with van der Waals surface area (Å²) in [7, 11) is 0. The van der Waals surface area contributed by atoms with Crippen molar-refractivity contribution in [1.82, 2.24) is 29.9 Å². The molecule has 0 bridgehead atoms. The molecule has 5 rings (SSSR count). The van der Waals surface area contributed by atoms with Crippen LogP contribution in [0.2, 0.25) is 0 Å². The van der Waals surface area contributed by atoms with Gasteiger partial charge in [0.05, 0.1) is 34.2 Å². The zero-order chi connectivity index (χ0) is 23.1. The molecule has 0 atom stereocenters. The van der Waals surface area contributed by atoms with Gasteiger partial charge in [-0.1, -0.05) is 0 Å². The minimum absolute atomic E-state index is 0.178. The molecule has 1 aliphatic carbocycles. The van der Waals surface area contributed by atoms with Crippen LogP contribution in [0.15, 0.2) is 34.2 Å². The quantitative estimate of drug-likeness (QED) is 0.328. The number of hydrogen-bond donors (Lipinski definition) is 4. The van der Waals surface area contributed by atoms with E-state index in [9.17, 15) is 23.5 Å². The number of carbonyl (C=O) groups excluding carboxylic acids is 1. The van der Waals surface area contributed by atoms with Crippen LogP contribution in [0.5, 0.6) is 5.88 Å². The van der Waals surface area contributed by atoms with Gasteiger partial charge in [-0.25, -0.2) is 18.6 Å². The first kappa shape index (κ1) is 21.0. The molecule has 1 saturated carbocycles. The molecule has 170 valence electrons. The maximum Gasteiger partial charge on any atom is 0.326 e. The van der Waals surface area contributed by atoms with Crippen molar-refractivity contribution >= 4 is 29.0 Å². The minimum Gasteiger partial charge on any atom is -0.493 e. The molecule has 4 aromatic rings. The number of aromatic hydroxyl groups is 1. The van der Waals surface area contributed by atoms with E-state index in [1.807, 2.05) is 0 Å². The normalized spacial score (nSPS) is 15.1. The molecule has 0 unspecified atom stereocenters. The number of aromatic nitrogens is 5. The smallest absolute Gasteiger partial charge is 0.326 e. The minimum atomic E-state index is -2.63. The lowest BCUT2D eigenvalue weighted by Gasteiger charge is -2.02. The first-order chi connectivity index (χ1) is 15.9. The molecule has 10 nitrogen and oxygen atoms in total. The third kappa shape index (κ3) is 4.39. The van der Waals surface area contributed by atoms with Crippen LogP contribution in [-0.2, 0) is 0 Å². The summed E-state index contributed by atoms with van der Waals surface area (Å²) in [5.41, 5.74) is 1.16. The van der Waals surface area contributed by atoms with E-state index >= 15 is 0 Å². The molecule has 1 aliphatic rings. The summed E-state index contributed by atoms with van der Waals surface area (Å²) in [4.78, 5) is 38.6. The van der Waals surface area contributed by atoms with E-state index in [2.05, 4.69) is 25.4 Å². The Morgan fingerprint density at radius 1 is 1.39 bits per heavy atom. The third-order valence-electron chi connectivity index (χ3n) is 4.88. The van der Waals surface area contributed by atoms with E-state index in [1.54, 1.807) is 28.9 Å². The average Bonchev–Trinajstić information content (AvgIpc) is 3.16. The SMILES string of the molecule is O=C(NCC(F)F)c1ccc(-c2cc(=NC3CC3)n3ncc(=Cc4[nH]c(=O)[nH]c4O)c3n2)s1. The number of fused-ring (bicyclic) bond motifs is 1. The van der Waals surface area contributed by atoms with Crippen molar-refractivity contribution in [3.63, 3.8) is 0 Å². The zero-order valence-corrected chi connectivity index (χ0v) is 17.7. The molecule has 1 fully saturated rings. The number of rotatable bonds is 6. The lowest BCUT2D eigenvalue weighted by atomic mass is 10.3. The van der Waals surface area contributed by atoms with E-state index in [1.165, 1.54) is 6.08 Å². The highest BCUT2D eigenvalue weighted by atomic mass is 32.1. The van der Waals surface area contributed by atoms with Crippen molar-refractivity contribution in [3.05, 3.63) is 56.2 Å². The molecule has 1 amide bonds. The van der Waals surface area contributed by atoms with Gasteiger partial charge in [0.2, 0.25) is 5.88 Å². The van der Waals surface area contributed by atoms with Crippen molar-refractivity contribution in [2.75, 3.05) is 6.54 Å². The summed E-state index contributed by atoms with van der Waals surface area (Å²) in [6, 6.07) is 5.20. The van der Waals surface area contributed by atoms with Gasteiger partial charge in [0.25, 0.3) is 12.3 Å². The molecule has 0 spiro atoms. The topological polar surface area (TPSA) is 141 Å². The van der Waals surface area contributed by atoms with E-state index < -0.39 is 24.6 Å². The van der Waals surface area contributed by atoms with Crippen LogP contribution >= 0.6 is 11.3 Å². The fourth-order valence-corrected chi connectivity index (χ4v) is 4.06. The molecule has 33 heavy (non-hydrogen) atoms. The molecule has 0 aromatic carbocycles. The second kappa shape index (κ2) is 8.24. The van der Waals surface area contributed by atoms with Gasteiger partial charge in [-0.05, 0) is 31.1 Å². The third-order valence-corrected chi connectivity index (χ3v) is 5.98. The van der Waals surface area contributed by atoms with Gasteiger partial charge < -0.3 is 15.4 Å². The van der Waals surface area contributed by atoms with Gasteiger partial charge in [0, 0.05) is 11.3 Å². The predicted molar refractivity (Wildman–Crippen MR) is 115 cm³/mol. The average molecular weight is 473 g/mol. The summed E-state index contributed by atoms with van der Waals surface area (Å²) in [6.45, 7) is -0.718. The molecule has 4 aromatic heterocycles. The van der Waals surface area contributed by atoms with Gasteiger partial charge in [-0.2, -0.15) is 9.61 Å². The molecular formula is C20H17F2N7O3S. The van der Waals surface area contributed by atoms with Gasteiger partial charge >= 0.3 is 5.69 Å². The highest BCUT2D eigenvalue weighted by Gasteiger charge is 2.21. The number of carbonyl (C=O) groups is 1. The summed E-state index contributed by atoms with van der Waals surface area (Å²) < 4.78 is 26.4. The number of thiophene rings is 1. The van der Waals surface area contributed by atoms with Crippen LogP contribution in [0.4, 0.5) is 8.78 Å². The highest BCUT2D eigenvalue weighted by molar-refractivity contribution is 7.17. The fourth-order valence-electron chi connectivity index (χ4n) is 3.18. The number of alkyl halides is 2. The lowest BCUT2D eigenvalue weighted by molar-refractivity contribution is 0.0895. The molecule has 0 aliphatic heterocycles. The van der Waals surface area contributed by atoms with Gasteiger partial charge in [-0.3, -0.25) is 14.8 Å². The van der Waals surface area contributed by atoms with Crippen LogP contribution in [0.1, 0.15) is 28.2 Å². The van der Waals surface area contributed by atoms with Crippen LogP contribution in [0.25, 0.3) is 22.3 Å². The maximum absolute atomic E-state index is 12.4. The second-order valence-corrected chi connectivity index (χ2v) is 8.53. The Hall–Kier alpha value is -3.87. The first-order valence-electron chi connectivity index (χ1n) is 9.99. The largest absolute Gasteiger partial charge is 0.493 e. The van der Waals surface area contributed by atoms with Crippen LogP contribution in [0, 0.1) is 0 Å². The van der Waals surface area contributed by atoms with E-state index in [0.717, 1.165) is 24.2 Å². The van der Waals surface area contributed by atoms with Crippen molar-refractivity contribution in [2.24, 2.45) is 4.99 Å². The Morgan fingerprint density at radius 3 is 2.91 bits per heavy atom. The zero-order valence-electron chi connectivity index (χ0n) is 16.9. The number of amides is 1. The van der Waals surface area contributed by atoms with Crippen molar-refractivity contribution in [3.8, 4) is 16.5 Å². The molecule has 13 heteroatoms. The first-order valence-corrected chi connectivity index (χ1v) is 10.8. The van der Waals surface area contributed by atoms with Crippen LogP contribution in [-0.4, -0.2) is 54.6 Å². The molecule has 0 radical (unpaired) electrons. The number of halogens is 2. The Morgan fingerprint density at radius 2 is 2.21 bits per heavy atom. The van der Waals surface area contributed by atoms with Crippen molar-refractivity contribution in [1.29, 1.82) is 0 Å². The lowest BCUT2D eigenvalue weighted by Crippen LogP contribution is -2.27. The van der Waals surface area contributed by atoms with Crippen LogP contribution in [0.3, 0.4) is 0 Å². The number of nitrogens with zero attached hydrogens (tertiary/aromatic N) is 4. The monoisotopic (exact) mass is 473 g/mol. The number of H-pyrrole nitrogens is 2. The Bertz CT molecular complexity index is 1530. The standard InChI is InChI=1S/C20H17F2N7O3S/c21-15(22)8-23-19(31)14-4-3-13(33-14)11-6-16(25-10-1-2-10)29-17(26-11)9(7-24-29)5-12-18(30)28-20(32)27-12/h3-7,10,15,30H,1-2,8H2,(H,23,31)(H2,27,28,32). The molecule has 4 heterocycles. The summed E-state index contributed by atoms with van der Waals surface area (Å²) in [5.74, 6) is -0.892. The van der Waals surface area contributed by atoms with Crippen LogP contribution < -0.4 is 21.7 Å². The number of hydrogen-bond acceptors (Lipinski definition) is 7. The van der Waals surface area contributed by atoms with Gasteiger partial charge in [-0.15, -0.1) is 11.3 Å². The number of imidazole rings is 1. The molecule has 4 N–H and O–H groups in total. The van der Waals surface area contributed by atoms with Crippen molar-refractivity contribution in [2.45, 2.75) is 25.3 Å². The second-order valence-electron chi connectivity index (χ2n) is 7.45. The maximum atomic E-state index is 12.4. The Balaban J connectivity index is 1.61. The summed E-state index contributed by atoms with van der Waals surface area (Å²) in [5, 5.41) is 17.0. The van der Waals surface area contributed by atoms with E-state index in [-0.39, 0.29) is 22.5 Å². The van der Waals surface area contributed by atoms with Gasteiger partial charge in [0.15, 0.2) is 11.1 Å². The van der Waals surface area contributed by atoms with Crippen molar-refractivity contribution < 1.29 is 18.7 Å². The Kier molecular flexibility index (Phi) is 5.24. The summed E-state index contributed by atoms with van der Waals surface area (Å²) >= 11 is 1.12. The number of aromatic amines is 2. The summed E-state index contributed by atoms with van der Waals surface area (Å²) in [6.07, 6.45) is 2.40.